The van der Waals surface area contributed by atoms with E-state index >= 15 is 0 Å². The number of hydrogen-bond donors (Lipinski definition) is 1. The van der Waals surface area contributed by atoms with Gasteiger partial charge in [0.1, 0.15) is 11.6 Å². The molecule has 0 aliphatic rings. The van der Waals surface area contributed by atoms with Gasteiger partial charge in [-0.3, -0.25) is 9.69 Å². The lowest BCUT2D eigenvalue weighted by atomic mass is 10.1. The Morgan fingerprint density at radius 1 is 1.12 bits per heavy atom. The number of likely N-dealkylation sites (N-methyl/N-ethyl adjacent to an activating group) is 1. The van der Waals surface area contributed by atoms with Crippen molar-refractivity contribution >= 4 is 11.6 Å². The molecule has 1 N–H and O–H groups in total. The third kappa shape index (κ3) is 5.79. The number of carbonyl (C=O) groups excluding carboxylic acids is 1. The van der Waals surface area contributed by atoms with Crippen LogP contribution in [-0.2, 0) is 11.3 Å². The van der Waals surface area contributed by atoms with Crippen LogP contribution in [0.1, 0.15) is 12.5 Å². The number of halogens is 3. The third-order valence-electron chi connectivity index (χ3n) is 3.73. The normalized spacial score (nSPS) is 12.3. The lowest BCUT2D eigenvalue weighted by Crippen LogP contribution is -2.39. The van der Waals surface area contributed by atoms with Gasteiger partial charge in [-0.2, -0.15) is 8.78 Å². The van der Waals surface area contributed by atoms with Gasteiger partial charge in [-0.25, -0.2) is 4.39 Å². The van der Waals surface area contributed by atoms with Gasteiger partial charge in [0.25, 0.3) is 0 Å². The largest absolute Gasteiger partial charge is 0.435 e. The molecule has 134 valence electrons. The zero-order valence-electron chi connectivity index (χ0n) is 13.9. The number of benzene rings is 2. The number of alkyl halides is 2. The fraction of sp³-hybridized carbons (Fsp3) is 0.278. The monoisotopic (exact) mass is 352 g/mol. The van der Waals surface area contributed by atoms with Gasteiger partial charge in [-0.15, -0.1) is 0 Å². The minimum Gasteiger partial charge on any atom is -0.435 e. The highest BCUT2D eigenvalue weighted by atomic mass is 19.3. The van der Waals surface area contributed by atoms with Gasteiger partial charge < -0.3 is 10.1 Å². The van der Waals surface area contributed by atoms with Gasteiger partial charge in [0.2, 0.25) is 5.91 Å². The van der Waals surface area contributed by atoms with Crippen molar-refractivity contribution in [3.63, 3.8) is 0 Å². The van der Waals surface area contributed by atoms with E-state index in [2.05, 4.69) is 10.1 Å². The molecule has 0 spiro atoms. The van der Waals surface area contributed by atoms with Crippen molar-refractivity contribution in [2.24, 2.45) is 0 Å². The highest BCUT2D eigenvalue weighted by Gasteiger charge is 2.18. The van der Waals surface area contributed by atoms with Crippen LogP contribution in [0.3, 0.4) is 0 Å². The number of anilines is 1. The van der Waals surface area contributed by atoms with Gasteiger partial charge in [0.15, 0.2) is 0 Å². The quantitative estimate of drug-likeness (QED) is 0.822. The summed E-state index contributed by atoms with van der Waals surface area (Å²) in [5, 5.41) is 2.72. The summed E-state index contributed by atoms with van der Waals surface area (Å²) in [5.74, 6) is -0.516. The number of hydrogen-bond acceptors (Lipinski definition) is 3. The zero-order valence-corrected chi connectivity index (χ0v) is 13.9. The van der Waals surface area contributed by atoms with E-state index in [-0.39, 0.29) is 17.5 Å². The Bertz CT molecular complexity index is 690. The Hall–Kier alpha value is -2.54. The average Bonchev–Trinajstić information content (AvgIpc) is 2.57. The molecular formula is C18H19F3N2O2. The second-order valence-electron chi connectivity index (χ2n) is 5.61. The summed E-state index contributed by atoms with van der Waals surface area (Å²) in [5.41, 5.74) is 1.37. The Morgan fingerprint density at radius 3 is 2.28 bits per heavy atom. The molecule has 0 aliphatic heterocycles. The van der Waals surface area contributed by atoms with E-state index in [1.54, 1.807) is 26.1 Å². The Labute approximate surface area is 144 Å². The molecule has 2 rings (SSSR count). The van der Waals surface area contributed by atoms with E-state index in [1.165, 1.54) is 36.4 Å². The van der Waals surface area contributed by atoms with E-state index in [0.717, 1.165) is 5.56 Å². The topological polar surface area (TPSA) is 41.6 Å². The van der Waals surface area contributed by atoms with E-state index < -0.39 is 12.7 Å². The number of ether oxygens (including phenoxy) is 1. The van der Waals surface area contributed by atoms with Crippen molar-refractivity contribution in [3.05, 3.63) is 59.9 Å². The predicted octanol–water partition coefficient (Wildman–Crippen LogP) is 3.89. The number of rotatable bonds is 7. The van der Waals surface area contributed by atoms with E-state index in [0.29, 0.717) is 12.2 Å². The van der Waals surface area contributed by atoms with Crippen LogP contribution in [0.5, 0.6) is 5.75 Å². The molecule has 4 nitrogen and oxygen atoms in total. The summed E-state index contributed by atoms with van der Waals surface area (Å²) in [6, 6.07) is 11.3. The SMILES string of the molecule is C[C@@H](C(=O)Nc1ccc(F)cc1)N(C)Cc1ccc(OC(F)F)cc1. The summed E-state index contributed by atoms with van der Waals surface area (Å²) in [7, 11) is 1.78. The van der Waals surface area contributed by atoms with Crippen LogP contribution in [0.2, 0.25) is 0 Å². The maximum absolute atomic E-state index is 12.9. The molecule has 0 unspecified atom stereocenters. The molecule has 0 heterocycles. The van der Waals surface area contributed by atoms with Gasteiger partial charge in [-0.1, -0.05) is 12.1 Å². The van der Waals surface area contributed by atoms with Gasteiger partial charge >= 0.3 is 6.61 Å². The molecule has 2 aromatic rings. The van der Waals surface area contributed by atoms with Crippen LogP contribution in [0.4, 0.5) is 18.9 Å². The molecule has 1 amide bonds. The standard InChI is InChI=1S/C18H19F3N2O2/c1-12(17(24)22-15-7-5-14(19)6-8-15)23(2)11-13-3-9-16(10-4-13)25-18(20)21/h3-10,12,18H,11H2,1-2H3,(H,22,24)/t12-/m0/s1. The first kappa shape index (κ1) is 18.8. The van der Waals surface area contributed by atoms with Crippen molar-refractivity contribution in [2.75, 3.05) is 12.4 Å². The first-order valence-electron chi connectivity index (χ1n) is 7.65. The molecule has 0 bridgehead atoms. The number of nitrogens with zero attached hydrogens (tertiary/aromatic N) is 1. The Balaban J connectivity index is 1.91. The molecular weight excluding hydrogens is 333 g/mol. The molecule has 7 heteroatoms. The predicted molar refractivity (Wildman–Crippen MR) is 89.0 cm³/mol. The van der Waals surface area contributed by atoms with E-state index in [9.17, 15) is 18.0 Å². The van der Waals surface area contributed by atoms with Crippen molar-refractivity contribution in [2.45, 2.75) is 26.1 Å². The third-order valence-corrected chi connectivity index (χ3v) is 3.73. The van der Waals surface area contributed by atoms with Crippen molar-refractivity contribution in [3.8, 4) is 5.75 Å². The van der Waals surface area contributed by atoms with Crippen LogP contribution in [0, 0.1) is 5.82 Å². The van der Waals surface area contributed by atoms with Gasteiger partial charge in [0.05, 0.1) is 6.04 Å². The lowest BCUT2D eigenvalue weighted by molar-refractivity contribution is -0.120. The first-order chi connectivity index (χ1) is 11.8. The molecule has 0 fully saturated rings. The highest BCUT2D eigenvalue weighted by Crippen LogP contribution is 2.17. The van der Waals surface area contributed by atoms with Gasteiger partial charge in [-0.05, 0) is 55.9 Å². The second kappa shape index (κ2) is 8.53. The zero-order chi connectivity index (χ0) is 18.4. The molecule has 1 atom stereocenters. The summed E-state index contributed by atoms with van der Waals surface area (Å²) in [6.07, 6.45) is 0. The maximum atomic E-state index is 12.9. The van der Waals surface area contributed by atoms with Gasteiger partial charge in [0, 0.05) is 12.2 Å². The van der Waals surface area contributed by atoms with Crippen LogP contribution in [0.15, 0.2) is 48.5 Å². The fourth-order valence-electron chi connectivity index (χ4n) is 2.18. The smallest absolute Gasteiger partial charge is 0.387 e. The lowest BCUT2D eigenvalue weighted by Gasteiger charge is -2.24. The number of amides is 1. The van der Waals surface area contributed by atoms with Crippen LogP contribution in [-0.4, -0.2) is 30.5 Å². The number of nitrogens with one attached hydrogen (secondary N) is 1. The molecule has 0 aliphatic carbocycles. The maximum Gasteiger partial charge on any atom is 0.387 e. The molecule has 0 saturated heterocycles. The summed E-state index contributed by atoms with van der Waals surface area (Å²) in [6.45, 7) is -0.663. The summed E-state index contributed by atoms with van der Waals surface area (Å²) in [4.78, 5) is 14.1. The van der Waals surface area contributed by atoms with Crippen LogP contribution < -0.4 is 10.1 Å². The van der Waals surface area contributed by atoms with Crippen molar-refractivity contribution < 1.29 is 22.7 Å². The van der Waals surface area contributed by atoms with Crippen molar-refractivity contribution in [1.29, 1.82) is 0 Å². The second-order valence-corrected chi connectivity index (χ2v) is 5.61. The number of carbonyl (C=O) groups is 1. The summed E-state index contributed by atoms with van der Waals surface area (Å²) < 4.78 is 41.4. The fourth-order valence-corrected chi connectivity index (χ4v) is 2.18. The molecule has 25 heavy (non-hydrogen) atoms. The highest BCUT2D eigenvalue weighted by molar-refractivity contribution is 5.94. The molecule has 2 aromatic carbocycles. The molecule has 0 saturated carbocycles. The van der Waals surface area contributed by atoms with Crippen LogP contribution >= 0.6 is 0 Å². The first-order valence-corrected chi connectivity index (χ1v) is 7.65. The summed E-state index contributed by atoms with van der Waals surface area (Å²) >= 11 is 0. The van der Waals surface area contributed by atoms with E-state index in [1.807, 2.05) is 4.90 Å². The Kier molecular flexibility index (Phi) is 6.41. The van der Waals surface area contributed by atoms with Crippen LogP contribution in [0.25, 0.3) is 0 Å². The van der Waals surface area contributed by atoms with Crippen molar-refractivity contribution in [1.82, 2.24) is 4.90 Å². The average molecular weight is 352 g/mol. The minimum absolute atomic E-state index is 0.0866. The minimum atomic E-state index is -2.86. The Morgan fingerprint density at radius 2 is 1.72 bits per heavy atom. The molecule has 0 radical (unpaired) electrons. The molecule has 0 aromatic heterocycles. The van der Waals surface area contributed by atoms with E-state index in [4.69, 9.17) is 0 Å².